The molecule has 7 heteroatoms. The van der Waals surface area contributed by atoms with Crippen LogP contribution in [-0.4, -0.2) is 30.2 Å². The van der Waals surface area contributed by atoms with Crippen molar-refractivity contribution in [2.45, 2.75) is 25.9 Å². The number of hydrogen-bond acceptors (Lipinski definition) is 4. The lowest BCUT2D eigenvalue weighted by molar-refractivity contribution is -0.385. The number of rotatable bonds is 4. The highest BCUT2D eigenvalue weighted by Crippen LogP contribution is 2.24. The Bertz CT molecular complexity index is 512. The molecule has 0 saturated carbocycles. The zero-order chi connectivity index (χ0) is 14.5. The molecule has 1 atom stereocenters. The molecule has 108 valence electrons. The molecule has 1 fully saturated rings. The van der Waals surface area contributed by atoms with Gasteiger partial charge in [0, 0.05) is 19.2 Å². The summed E-state index contributed by atoms with van der Waals surface area (Å²) >= 11 is 0. The number of nitrogens with zero attached hydrogens (tertiary/aromatic N) is 1. The van der Waals surface area contributed by atoms with Crippen LogP contribution in [0.15, 0.2) is 18.2 Å². The van der Waals surface area contributed by atoms with Crippen LogP contribution in [0.3, 0.4) is 0 Å². The van der Waals surface area contributed by atoms with Crippen LogP contribution in [0.2, 0.25) is 0 Å². The minimum Gasteiger partial charge on any atom is -0.376 e. The highest BCUT2D eigenvalue weighted by molar-refractivity contribution is 5.90. The van der Waals surface area contributed by atoms with Crippen LogP contribution >= 0.6 is 0 Å². The van der Waals surface area contributed by atoms with E-state index in [0.717, 1.165) is 19.4 Å². The minimum absolute atomic E-state index is 0.0121. The fourth-order valence-corrected chi connectivity index (χ4v) is 2.14. The number of benzene rings is 1. The Kier molecular flexibility index (Phi) is 4.52. The largest absolute Gasteiger partial charge is 0.376 e. The summed E-state index contributed by atoms with van der Waals surface area (Å²) in [6.07, 6.45) is 2.01. The Balaban J connectivity index is 1.93. The number of amides is 2. The van der Waals surface area contributed by atoms with E-state index in [9.17, 15) is 14.9 Å². The van der Waals surface area contributed by atoms with E-state index in [1.807, 2.05) is 0 Å². The average Bonchev–Trinajstić information content (AvgIpc) is 2.91. The fourth-order valence-electron chi connectivity index (χ4n) is 2.14. The number of anilines is 1. The van der Waals surface area contributed by atoms with E-state index in [0.29, 0.717) is 17.8 Å². The van der Waals surface area contributed by atoms with Crippen molar-refractivity contribution >= 4 is 17.4 Å². The molecule has 7 nitrogen and oxygen atoms in total. The molecule has 0 radical (unpaired) electrons. The van der Waals surface area contributed by atoms with Crippen LogP contribution in [0.5, 0.6) is 0 Å². The van der Waals surface area contributed by atoms with Crippen molar-refractivity contribution in [1.82, 2.24) is 5.32 Å². The number of carbonyl (C=O) groups is 1. The lowest BCUT2D eigenvalue weighted by Crippen LogP contribution is -2.35. The molecule has 1 unspecified atom stereocenters. The van der Waals surface area contributed by atoms with Crippen molar-refractivity contribution < 1.29 is 14.5 Å². The molecule has 0 spiro atoms. The first-order valence-electron chi connectivity index (χ1n) is 6.48. The molecule has 2 rings (SSSR count). The van der Waals surface area contributed by atoms with E-state index in [1.54, 1.807) is 19.1 Å². The van der Waals surface area contributed by atoms with Gasteiger partial charge in [-0.05, 0) is 25.8 Å². The number of hydrogen-bond donors (Lipinski definition) is 2. The molecule has 0 aliphatic carbocycles. The first-order chi connectivity index (χ1) is 9.58. The van der Waals surface area contributed by atoms with Crippen molar-refractivity contribution in [1.29, 1.82) is 0 Å². The average molecular weight is 279 g/mol. The van der Waals surface area contributed by atoms with Gasteiger partial charge in [0.05, 0.1) is 22.3 Å². The van der Waals surface area contributed by atoms with Crippen molar-refractivity contribution in [3.8, 4) is 0 Å². The van der Waals surface area contributed by atoms with Gasteiger partial charge in [0.1, 0.15) is 0 Å². The summed E-state index contributed by atoms with van der Waals surface area (Å²) in [7, 11) is 0. The lowest BCUT2D eigenvalue weighted by atomic mass is 10.1. The van der Waals surface area contributed by atoms with E-state index in [2.05, 4.69) is 10.6 Å². The summed E-state index contributed by atoms with van der Waals surface area (Å²) in [5.41, 5.74) is 0.857. The maximum absolute atomic E-state index is 11.8. The summed E-state index contributed by atoms with van der Waals surface area (Å²) in [6.45, 7) is 2.78. The molecule has 1 aromatic rings. The fraction of sp³-hybridized carbons (Fsp3) is 0.462. The molecule has 2 amide bonds. The second-order valence-electron chi connectivity index (χ2n) is 4.68. The molecule has 0 bridgehead atoms. The van der Waals surface area contributed by atoms with E-state index in [-0.39, 0.29) is 17.8 Å². The Morgan fingerprint density at radius 3 is 3.00 bits per heavy atom. The number of carbonyl (C=O) groups excluding carboxylic acids is 1. The van der Waals surface area contributed by atoms with Crippen LogP contribution in [-0.2, 0) is 4.74 Å². The summed E-state index contributed by atoms with van der Waals surface area (Å²) < 4.78 is 5.40. The zero-order valence-electron chi connectivity index (χ0n) is 11.2. The smallest absolute Gasteiger partial charge is 0.319 e. The Labute approximate surface area is 116 Å². The van der Waals surface area contributed by atoms with Crippen LogP contribution < -0.4 is 10.6 Å². The summed E-state index contributed by atoms with van der Waals surface area (Å²) in [6, 6.07) is 4.20. The van der Waals surface area contributed by atoms with Gasteiger partial charge in [-0.2, -0.15) is 0 Å². The van der Waals surface area contributed by atoms with E-state index < -0.39 is 4.92 Å². The molecule has 20 heavy (non-hydrogen) atoms. The van der Waals surface area contributed by atoms with Crippen molar-refractivity contribution in [3.63, 3.8) is 0 Å². The van der Waals surface area contributed by atoms with E-state index in [1.165, 1.54) is 6.07 Å². The highest BCUT2D eigenvalue weighted by atomic mass is 16.6. The van der Waals surface area contributed by atoms with Crippen molar-refractivity contribution in [3.05, 3.63) is 33.9 Å². The van der Waals surface area contributed by atoms with Gasteiger partial charge in [0.25, 0.3) is 5.69 Å². The number of nitro groups is 1. The van der Waals surface area contributed by atoms with Gasteiger partial charge in [-0.25, -0.2) is 4.79 Å². The van der Waals surface area contributed by atoms with Gasteiger partial charge in [0.2, 0.25) is 0 Å². The first-order valence-corrected chi connectivity index (χ1v) is 6.48. The zero-order valence-corrected chi connectivity index (χ0v) is 11.2. The Morgan fingerprint density at radius 2 is 2.35 bits per heavy atom. The SMILES string of the molecule is Cc1c(NC(=O)NCC2CCCO2)cccc1[N+](=O)[O-]. The number of ether oxygens (including phenoxy) is 1. The van der Waals surface area contributed by atoms with E-state index >= 15 is 0 Å². The third kappa shape index (κ3) is 3.45. The molecular formula is C13H17N3O4. The molecule has 1 aliphatic heterocycles. The van der Waals surface area contributed by atoms with E-state index in [4.69, 9.17) is 4.74 Å². The minimum atomic E-state index is -0.467. The molecule has 0 aromatic heterocycles. The Morgan fingerprint density at radius 1 is 1.55 bits per heavy atom. The maximum atomic E-state index is 11.8. The number of urea groups is 1. The number of nitro benzene ring substituents is 1. The van der Waals surface area contributed by atoms with Crippen molar-refractivity contribution in [2.75, 3.05) is 18.5 Å². The topological polar surface area (TPSA) is 93.5 Å². The molecule has 1 aromatic carbocycles. The normalized spacial score (nSPS) is 17.8. The third-order valence-electron chi connectivity index (χ3n) is 3.26. The highest BCUT2D eigenvalue weighted by Gasteiger charge is 2.17. The summed E-state index contributed by atoms with van der Waals surface area (Å²) in [5, 5.41) is 16.1. The molecule has 1 heterocycles. The molecule has 1 saturated heterocycles. The van der Waals surface area contributed by atoms with Gasteiger partial charge in [-0.15, -0.1) is 0 Å². The molecule has 1 aliphatic rings. The van der Waals surface area contributed by atoms with Crippen LogP contribution in [0, 0.1) is 17.0 Å². The monoisotopic (exact) mass is 279 g/mol. The first kappa shape index (κ1) is 14.3. The predicted octanol–water partition coefficient (Wildman–Crippen LogP) is 2.20. The summed E-state index contributed by atoms with van der Waals surface area (Å²) in [4.78, 5) is 22.1. The second kappa shape index (κ2) is 6.33. The standard InChI is InChI=1S/C13H17N3O4/c1-9-11(5-2-6-12(9)16(18)19)15-13(17)14-8-10-4-3-7-20-10/h2,5-6,10H,3-4,7-8H2,1H3,(H2,14,15,17). The third-order valence-corrected chi connectivity index (χ3v) is 3.26. The van der Waals surface area contributed by atoms with Crippen LogP contribution in [0.4, 0.5) is 16.2 Å². The van der Waals surface area contributed by atoms with Crippen LogP contribution in [0.1, 0.15) is 18.4 Å². The van der Waals surface area contributed by atoms with Gasteiger partial charge in [0.15, 0.2) is 0 Å². The van der Waals surface area contributed by atoms with Gasteiger partial charge < -0.3 is 15.4 Å². The molecular weight excluding hydrogens is 262 g/mol. The van der Waals surface area contributed by atoms with Crippen LogP contribution in [0.25, 0.3) is 0 Å². The lowest BCUT2D eigenvalue weighted by Gasteiger charge is -2.12. The summed E-state index contributed by atoms with van der Waals surface area (Å²) in [5.74, 6) is 0. The molecule has 2 N–H and O–H groups in total. The quantitative estimate of drug-likeness (QED) is 0.652. The van der Waals surface area contributed by atoms with Gasteiger partial charge >= 0.3 is 6.03 Å². The van der Waals surface area contributed by atoms with Gasteiger partial charge in [-0.1, -0.05) is 6.07 Å². The second-order valence-corrected chi connectivity index (χ2v) is 4.68. The number of nitrogens with one attached hydrogen (secondary N) is 2. The Hall–Kier alpha value is -2.15. The maximum Gasteiger partial charge on any atom is 0.319 e. The predicted molar refractivity (Wildman–Crippen MR) is 73.8 cm³/mol. The van der Waals surface area contributed by atoms with Gasteiger partial charge in [-0.3, -0.25) is 10.1 Å². The van der Waals surface area contributed by atoms with Crippen molar-refractivity contribution in [2.24, 2.45) is 0 Å².